The number of hydrogen-bond acceptors (Lipinski definition) is 4. The lowest BCUT2D eigenvalue weighted by atomic mass is 9.69. The highest BCUT2D eigenvalue weighted by Gasteiger charge is 2.31. The summed E-state index contributed by atoms with van der Waals surface area (Å²) in [7, 11) is 3.02. The van der Waals surface area contributed by atoms with Gasteiger partial charge < -0.3 is 14.6 Å². The van der Waals surface area contributed by atoms with Crippen molar-refractivity contribution in [1.82, 2.24) is 0 Å². The van der Waals surface area contributed by atoms with Crippen molar-refractivity contribution in [1.29, 1.82) is 0 Å². The van der Waals surface area contributed by atoms with Crippen molar-refractivity contribution in [3.8, 4) is 16.9 Å². The van der Waals surface area contributed by atoms with Crippen molar-refractivity contribution in [2.45, 2.75) is 84.7 Å². The number of ether oxygens (including phenoxy) is 2. The fourth-order valence-corrected chi connectivity index (χ4v) is 5.72. The fourth-order valence-electron chi connectivity index (χ4n) is 5.72. The molecular weight excluding hydrogens is 496 g/mol. The molecule has 0 unspecified atom stereocenters. The summed E-state index contributed by atoms with van der Waals surface area (Å²) >= 11 is 0. The maximum Gasteiger partial charge on any atom is 0.310 e. The Morgan fingerprint density at radius 2 is 1.45 bits per heavy atom. The fraction of sp³-hybridized carbons (Fsp3) is 0.417. The van der Waals surface area contributed by atoms with E-state index in [1.165, 1.54) is 29.4 Å². The molecule has 0 aromatic heterocycles. The molecule has 0 aliphatic carbocycles. The van der Waals surface area contributed by atoms with Crippen LogP contribution >= 0.6 is 0 Å². The zero-order chi connectivity index (χ0) is 29.5. The number of benzene rings is 3. The van der Waals surface area contributed by atoms with Gasteiger partial charge in [0.15, 0.2) is 0 Å². The Bertz CT molecular complexity index is 1340. The summed E-state index contributed by atoms with van der Waals surface area (Å²) < 4.78 is 10.4. The Morgan fingerprint density at radius 1 is 0.825 bits per heavy atom. The molecule has 4 heteroatoms. The maximum atomic E-state index is 12.0. The third-order valence-electron chi connectivity index (χ3n) is 8.76. The summed E-state index contributed by atoms with van der Waals surface area (Å²) in [5, 5.41) is 10.7. The monoisotopic (exact) mass is 542 g/mol. The molecular formula is C36H46O4. The van der Waals surface area contributed by atoms with E-state index in [0.717, 1.165) is 35.1 Å². The number of aryl methyl sites for hydroxylation is 2. The van der Waals surface area contributed by atoms with Crippen LogP contribution in [0.25, 0.3) is 17.2 Å². The molecule has 3 rings (SSSR count). The second kappa shape index (κ2) is 13.3. The number of rotatable bonds is 12. The lowest BCUT2D eigenvalue weighted by Gasteiger charge is -2.34. The average molecular weight is 543 g/mol. The smallest absolute Gasteiger partial charge is 0.310 e. The van der Waals surface area contributed by atoms with Crippen molar-refractivity contribution in [3.63, 3.8) is 0 Å². The molecule has 40 heavy (non-hydrogen) atoms. The van der Waals surface area contributed by atoms with E-state index in [4.69, 9.17) is 9.47 Å². The molecule has 0 aliphatic rings. The average Bonchev–Trinajstić information content (AvgIpc) is 2.97. The number of hydrogen-bond donors (Lipinski definition) is 1. The molecule has 0 amide bonds. The summed E-state index contributed by atoms with van der Waals surface area (Å²) in [6.07, 6.45) is 7.53. The molecule has 0 spiro atoms. The molecule has 1 N–H and O–H groups in total. The Balaban J connectivity index is 2.01. The molecule has 3 aromatic carbocycles. The molecule has 0 bridgehead atoms. The maximum absolute atomic E-state index is 12.0. The van der Waals surface area contributed by atoms with Gasteiger partial charge in [0.05, 0.1) is 26.2 Å². The highest BCUT2D eigenvalue weighted by molar-refractivity contribution is 5.76. The second-order valence-corrected chi connectivity index (χ2v) is 10.8. The molecule has 0 saturated carbocycles. The van der Waals surface area contributed by atoms with Crippen molar-refractivity contribution in [2.75, 3.05) is 14.2 Å². The second-order valence-electron chi connectivity index (χ2n) is 10.8. The molecule has 4 nitrogen and oxygen atoms in total. The van der Waals surface area contributed by atoms with E-state index in [-0.39, 0.29) is 17.8 Å². The van der Waals surface area contributed by atoms with E-state index >= 15 is 0 Å². The van der Waals surface area contributed by atoms with Gasteiger partial charge in [-0.15, -0.1) is 0 Å². The SMILES string of the molecule is CCC(O)(/C=C/c1ccc(C(CC)(CC)c2ccc(-c3ccc(OC)c(CC(=O)OC)c3)c(C)c2)cc1C)CC. The highest BCUT2D eigenvalue weighted by atomic mass is 16.5. The van der Waals surface area contributed by atoms with Gasteiger partial charge in [-0.25, -0.2) is 0 Å². The van der Waals surface area contributed by atoms with Gasteiger partial charge in [0.2, 0.25) is 0 Å². The molecule has 0 aliphatic heterocycles. The Kier molecular flexibility index (Phi) is 10.4. The normalized spacial score (nSPS) is 12.1. The predicted octanol–water partition coefficient (Wildman–Crippen LogP) is 8.36. The number of esters is 1. The van der Waals surface area contributed by atoms with Gasteiger partial charge >= 0.3 is 5.97 Å². The van der Waals surface area contributed by atoms with Gasteiger partial charge in [-0.05, 0) is 90.6 Å². The zero-order valence-electron chi connectivity index (χ0n) is 25.6. The summed E-state index contributed by atoms with van der Waals surface area (Å²) in [6, 6.07) is 19.5. The molecule has 0 radical (unpaired) electrons. The van der Waals surface area contributed by atoms with Gasteiger partial charge in [-0.2, -0.15) is 0 Å². The molecule has 0 saturated heterocycles. The number of carbonyl (C=O) groups excluding carboxylic acids is 1. The first-order valence-corrected chi connectivity index (χ1v) is 14.5. The van der Waals surface area contributed by atoms with E-state index in [9.17, 15) is 9.90 Å². The first-order chi connectivity index (χ1) is 19.1. The van der Waals surface area contributed by atoms with Gasteiger partial charge in [0.25, 0.3) is 0 Å². The summed E-state index contributed by atoms with van der Waals surface area (Å²) in [5.74, 6) is 0.392. The largest absolute Gasteiger partial charge is 0.496 e. The molecule has 214 valence electrons. The van der Waals surface area contributed by atoms with E-state index in [0.29, 0.717) is 18.6 Å². The van der Waals surface area contributed by atoms with E-state index in [1.807, 2.05) is 38.1 Å². The molecule has 0 heterocycles. The minimum atomic E-state index is -0.759. The minimum absolute atomic E-state index is 0.111. The van der Waals surface area contributed by atoms with Crippen LogP contribution in [0.4, 0.5) is 0 Å². The van der Waals surface area contributed by atoms with Crippen molar-refractivity contribution >= 4 is 12.0 Å². The zero-order valence-corrected chi connectivity index (χ0v) is 25.6. The number of aliphatic hydroxyl groups is 1. The van der Waals surface area contributed by atoms with Crippen molar-refractivity contribution in [3.05, 3.63) is 94.1 Å². The minimum Gasteiger partial charge on any atom is -0.496 e. The number of carbonyl (C=O) groups is 1. The van der Waals surface area contributed by atoms with E-state index in [1.54, 1.807) is 7.11 Å². The topological polar surface area (TPSA) is 55.8 Å². The van der Waals surface area contributed by atoms with Crippen LogP contribution in [-0.2, 0) is 21.4 Å². The van der Waals surface area contributed by atoms with Crippen LogP contribution in [0.2, 0.25) is 0 Å². The highest BCUT2D eigenvalue weighted by Crippen LogP contribution is 2.41. The number of methoxy groups -OCH3 is 2. The lowest BCUT2D eigenvalue weighted by Crippen LogP contribution is -2.26. The van der Waals surface area contributed by atoms with Crippen LogP contribution in [0.15, 0.2) is 60.7 Å². The van der Waals surface area contributed by atoms with Crippen LogP contribution in [0.1, 0.15) is 86.8 Å². The van der Waals surface area contributed by atoms with Crippen LogP contribution in [0.3, 0.4) is 0 Å². The van der Waals surface area contributed by atoms with E-state index in [2.05, 4.69) is 70.2 Å². The summed E-state index contributed by atoms with van der Waals surface area (Å²) in [6.45, 7) is 12.9. The molecule has 0 atom stereocenters. The predicted molar refractivity (Wildman–Crippen MR) is 166 cm³/mol. The Morgan fingerprint density at radius 3 is 1.98 bits per heavy atom. The third-order valence-corrected chi connectivity index (χ3v) is 8.76. The Labute approximate surface area is 241 Å². The molecule has 0 fully saturated rings. The first-order valence-electron chi connectivity index (χ1n) is 14.5. The van der Waals surface area contributed by atoms with Crippen molar-refractivity contribution in [2.24, 2.45) is 0 Å². The van der Waals surface area contributed by atoms with Gasteiger partial charge in [-0.1, -0.05) is 82.3 Å². The standard InChI is InChI=1S/C36H46O4/c1-9-35(38,10-2)20-19-27-13-15-30(21-25(27)5)36(11-3,12-4)31-16-17-32(26(6)22-31)28-14-18-33(39-7)29(23-28)24-34(37)40-8/h13-23,38H,9-12,24H2,1-8H3/b20-19+. The van der Waals surface area contributed by atoms with Crippen LogP contribution in [0.5, 0.6) is 5.75 Å². The third kappa shape index (κ3) is 6.50. The molecule has 3 aromatic rings. The lowest BCUT2D eigenvalue weighted by molar-refractivity contribution is -0.139. The van der Waals surface area contributed by atoms with E-state index < -0.39 is 5.60 Å². The summed E-state index contributed by atoms with van der Waals surface area (Å²) in [5.41, 5.74) is 8.27. The van der Waals surface area contributed by atoms with Gasteiger partial charge in [-0.3, -0.25) is 4.79 Å². The van der Waals surface area contributed by atoms with Crippen LogP contribution < -0.4 is 4.74 Å². The van der Waals surface area contributed by atoms with Gasteiger partial charge in [0, 0.05) is 11.0 Å². The quantitative estimate of drug-likeness (QED) is 0.234. The first kappa shape index (κ1) is 31.2. The van der Waals surface area contributed by atoms with Crippen LogP contribution in [-0.4, -0.2) is 30.9 Å². The van der Waals surface area contributed by atoms with Crippen molar-refractivity contribution < 1.29 is 19.4 Å². The van der Waals surface area contributed by atoms with Gasteiger partial charge in [0.1, 0.15) is 5.75 Å². The van der Waals surface area contributed by atoms with Crippen LogP contribution in [0, 0.1) is 13.8 Å². The summed E-state index contributed by atoms with van der Waals surface area (Å²) in [4.78, 5) is 12.0. The Hall–Kier alpha value is -3.37.